The molecule has 1 N–H and O–H groups in total. The van der Waals surface area contributed by atoms with Crippen LogP contribution in [0.2, 0.25) is 0 Å². The largest absolute Gasteiger partial charge is 0.361 e. The van der Waals surface area contributed by atoms with Gasteiger partial charge in [-0.1, -0.05) is 72.3 Å². The Bertz CT molecular complexity index is 1300. The van der Waals surface area contributed by atoms with Crippen molar-refractivity contribution in [2.45, 2.75) is 25.8 Å². The molecule has 4 aromatic rings. The number of benzene rings is 3. The van der Waals surface area contributed by atoms with E-state index in [1.165, 1.54) is 11.1 Å². The van der Waals surface area contributed by atoms with Gasteiger partial charge in [0, 0.05) is 30.9 Å². The number of para-hydroxylation sites is 1. The summed E-state index contributed by atoms with van der Waals surface area (Å²) in [4.78, 5) is 9.11. The fraction of sp³-hybridized carbons (Fsp3) is 0.185. The molecule has 164 valence electrons. The number of aromatic nitrogens is 2. The van der Waals surface area contributed by atoms with Crippen molar-refractivity contribution < 1.29 is 0 Å². The van der Waals surface area contributed by atoms with Crippen LogP contribution in [0.25, 0.3) is 11.0 Å². The molecule has 1 unspecified atom stereocenters. The number of fused-ring (bicyclic) bond motifs is 1. The van der Waals surface area contributed by atoms with Crippen molar-refractivity contribution in [2.75, 3.05) is 6.54 Å². The van der Waals surface area contributed by atoms with Gasteiger partial charge in [0.25, 0.3) is 0 Å². The van der Waals surface area contributed by atoms with Crippen LogP contribution in [0.3, 0.4) is 0 Å². The van der Waals surface area contributed by atoms with Gasteiger partial charge in [0.15, 0.2) is 5.11 Å². The number of hydrogen-bond acceptors (Lipinski definition) is 4. The molecule has 0 bridgehead atoms. The molecule has 5 rings (SSSR count). The third-order valence-corrected chi connectivity index (χ3v) is 6.26. The Balaban J connectivity index is 1.43. The Hall–Kier alpha value is -3.64. The van der Waals surface area contributed by atoms with Crippen LogP contribution in [0.1, 0.15) is 34.7 Å². The summed E-state index contributed by atoms with van der Waals surface area (Å²) in [6.07, 6.45) is 5.11. The highest BCUT2D eigenvalue weighted by atomic mass is 32.1. The number of nitrogens with zero attached hydrogens (tertiary/aromatic N) is 4. The van der Waals surface area contributed by atoms with Gasteiger partial charge in [-0.15, -0.1) is 0 Å². The molecule has 0 saturated heterocycles. The molecule has 5 nitrogen and oxygen atoms in total. The van der Waals surface area contributed by atoms with Crippen LogP contribution >= 0.6 is 12.2 Å². The van der Waals surface area contributed by atoms with E-state index in [1.54, 1.807) is 12.4 Å². The second-order valence-corrected chi connectivity index (χ2v) is 8.60. The first-order valence-corrected chi connectivity index (χ1v) is 11.5. The summed E-state index contributed by atoms with van der Waals surface area (Å²) in [6.45, 7) is 2.84. The second-order valence-electron chi connectivity index (χ2n) is 8.22. The van der Waals surface area contributed by atoms with Gasteiger partial charge in [0.05, 0.1) is 22.8 Å². The average molecular weight is 452 g/mol. The van der Waals surface area contributed by atoms with Gasteiger partial charge in [-0.2, -0.15) is 5.10 Å². The predicted molar refractivity (Wildman–Crippen MR) is 137 cm³/mol. The highest BCUT2D eigenvalue weighted by Crippen LogP contribution is 2.35. The molecule has 0 aliphatic carbocycles. The van der Waals surface area contributed by atoms with Crippen LogP contribution in [0, 0.1) is 6.92 Å². The van der Waals surface area contributed by atoms with Gasteiger partial charge in [0.1, 0.15) is 0 Å². The van der Waals surface area contributed by atoms with Crippen molar-refractivity contribution in [2.24, 2.45) is 5.10 Å². The second kappa shape index (κ2) is 9.46. The lowest BCUT2D eigenvalue weighted by Crippen LogP contribution is -2.37. The van der Waals surface area contributed by atoms with Crippen molar-refractivity contribution in [1.82, 2.24) is 20.3 Å². The highest BCUT2D eigenvalue weighted by Gasteiger charge is 2.32. The molecule has 0 radical (unpaired) electrons. The lowest BCUT2D eigenvalue weighted by molar-refractivity contribution is 0.366. The summed E-state index contributed by atoms with van der Waals surface area (Å²) in [5.41, 5.74) is 7.49. The van der Waals surface area contributed by atoms with E-state index >= 15 is 0 Å². The fourth-order valence-electron chi connectivity index (χ4n) is 4.18. The van der Waals surface area contributed by atoms with Gasteiger partial charge in [0.2, 0.25) is 0 Å². The first kappa shape index (κ1) is 21.2. The molecule has 1 aliphatic heterocycles. The van der Waals surface area contributed by atoms with E-state index in [0.29, 0.717) is 5.11 Å². The van der Waals surface area contributed by atoms with Crippen LogP contribution in [0.4, 0.5) is 0 Å². The van der Waals surface area contributed by atoms with Gasteiger partial charge in [-0.05, 0) is 42.8 Å². The van der Waals surface area contributed by atoms with Crippen LogP contribution < -0.4 is 5.32 Å². The standard InChI is InChI=1S/C27H25N5S/c1-19-10-12-21(13-11-19)24-18-25(22-8-5-9-23-26(22)29-17-16-28-23)32(31-24)27(33)30-15-14-20-6-3-2-4-7-20/h2-13,16-17,25H,14-15,18H2,1H3,(H,30,33). The fourth-order valence-corrected chi connectivity index (χ4v) is 4.45. The minimum absolute atomic E-state index is 0.0431. The van der Waals surface area contributed by atoms with Gasteiger partial charge >= 0.3 is 0 Å². The number of rotatable bonds is 5. The minimum atomic E-state index is -0.0431. The topological polar surface area (TPSA) is 53.4 Å². The maximum atomic E-state index is 5.82. The molecule has 1 aromatic heterocycles. The lowest BCUT2D eigenvalue weighted by atomic mass is 9.97. The van der Waals surface area contributed by atoms with Crippen LogP contribution in [0.5, 0.6) is 0 Å². The lowest BCUT2D eigenvalue weighted by Gasteiger charge is -2.25. The molecule has 33 heavy (non-hydrogen) atoms. The number of thiocarbonyl (C=S) groups is 1. The molecule has 0 amide bonds. The van der Waals surface area contributed by atoms with E-state index in [1.807, 2.05) is 23.2 Å². The Morgan fingerprint density at radius 1 is 0.970 bits per heavy atom. The normalized spacial score (nSPS) is 15.5. The van der Waals surface area contributed by atoms with Crippen molar-refractivity contribution in [3.8, 4) is 0 Å². The Kier molecular flexibility index (Phi) is 6.09. The van der Waals surface area contributed by atoms with E-state index < -0.39 is 0 Å². The molecule has 0 fully saturated rings. The van der Waals surface area contributed by atoms with E-state index in [0.717, 1.165) is 47.3 Å². The van der Waals surface area contributed by atoms with Crippen LogP contribution in [-0.4, -0.2) is 32.3 Å². The average Bonchev–Trinajstić information content (AvgIpc) is 3.30. The van der Waals surface area contributed by atoms with E-state index in [2.05, 4.69) is 76.8 Å². The summed E-state index contributed by atoms with van der Waals surface area (Å²) >= 11 is 5.82. The number of aryl methyl sites for hydroxylation is 1. The molecule has 3 aromatic carbocycles. The molecule has 2 heterocycles. The molecule has 0 spiro atoms. The Labute approximate surface area is 199 Å². The molecule has 6 heteroatoms. The zero-order chi connectivity index (χ0) is 22.6. The molecule has 1 aliphatic rings. The van der Waals surface area contributed by atoms with Crippen LogP contribution in [-0.2, 0) is 6.42 Å². The van der Waals surface area contributed by atoms with Crippen molar-refractivity contribution in [3.05, 3.63) is 107 Å². The SMILES string of the molecule is Cc1ccc(C2=NN(C(=S)NCCc3ccccc3)C(c3cccc4nccnc34)C2)cc1. The third-order valence-electron chi connectivity index (χ3n) is 5.92. The Morgan fingerprint density at radius 3 is 2.58 bits per heavy atom. The number of nitrogens with one attached hydrogen (secondary N) is 1. The first-order valence-electron chi connectivity index (χ1n) is 11.1. The van der Waals surface area contributed by atoms with Gasteiger partial charge < -0.3 is 5.32 Å². The monoisotopic (exact) mass is 451 g/mol. The summed E-state index contributed by atoms with van der Waals surface area (Å²) in [5, 5.41) is 11.0. The third kappa shape index (κ3) is 4.61. The Morgan fingerprint density at radius 2 is 1.76 bits per heavy atom. The molecular weight excluding hydrogens is 426 g/mol. The molecule has 0 saturated carbocycles. The van der Waals surface area contributed by atoms with Crippen molar-refractivity contribution in [1.29, 1.82) is 0 Å². The highest BCUT2D eigenvalue weighted by molar-refractivity contribution is 7.80. The molecule has 1 atom stereocenters. The number of hydrazone groups is 1. The zero-order valence-electron chi connectivity index (χ0n) is 18.5. The van der Waals surface area contributed by atoms with Crippen molar-refractivity contribution in [3.63, 3.8) is 0 Å². The summed E-state index contributed by atoms with van der Waals surface area (Å²) in [6, 6.07) is 25.0. The maximum absolute atomic E-state index is 5.82. The van der Waals surface area contributed by atoms with E-state index in [4.69, 9.17) is 17.3 Å². The smallest absolute Gasteiger partial charge is 0.190 e. The first-order chi connectivity index (χ1) is 16.2. The quantitative estimate of drug-likeness (QED) is 0.422. The summed E-state index contributed by atoms with van der Waals surface area (Å²) in [7, 11) is 0. The summed E-state index contributed by atoms with van der Waals surface area (Å²) in [5.74, 6) is 0. The van der Waals surface area contributed by atoms with Crippen LogP contribution in [0.15, 0.2) is 90.3 Å². The van der Waals surface area contributed by atoms with Gasteiger partial charge in [-0.25, -0.2) is 5.01 Å². The minimum Gasteiger partial charge on any atom is -0.361 e. The number of hydrogen-bond donors (Lipinski definition) is 1. The maximum Gasteiger partial charge on any atom is 0.190 e. The van der Waals surface area contributed by atoms with E-state index in [9.17, 15) is 0 Å². The van der Waals surface area contributed by atoms with E-state index in [-0.39, 0.29) is 6.04 Å². The predicted octanol–water partition coefficient (Wildman–Crippen LogP) is 5.21. The summed E-state index contributed by atoms with van der Waals surface area (Å²) < 4.78 is 0. The van der Waals surface area contributed by atoms with Crippen molar-refractivity contribution >= 4 is 34.1 Å². The molecular formula is C27H25N5S. The zero-order valence-corrected chi connectivity index (χ0v) is 19.3. The van der Waals surface area contributed by atoms with Gasteiger partial charge in [-0.3, -0.25) is 9.97 Å².